The van der Waals surface area contributed by atoms with Crippen LogP contribution >= 0.6 is 0 Å². The minimum absolute atomic E-state index is 0.121. The molecule has 0 radical (unpaired) electrons. The number of benzene rings is 8. The lowest BCUT2D eigenvalue weighted by Crippen LogP contribution is -2.29. The third-order valence-electron chi connectivity index (χ3n) is 12.4. The van der Waals surface area contributed by atoms with Crippen molar-refractivity contribution in [2.45, 2.75) is 12.0 Å². The van der Waals surface area contributed by atoms with E-state index in [2.05, 4.69) is 173 Å². The van der Waals surface area contributed by atoms with Crippen LogP contribution in [0.5, 0.6) is 0 Å². The van der Waals surface area contributed by atoms with E-state index in [0.717, 1.165) is 27.9 Å². The van der Waals surface area contributed by atoms with Gasteiger partial charge >= 0.3 is 0 Å². The molecule has 2 aromatic heterocycles. The summed E-state index contributed by atoms with van der Waals surface area (Å²) in [5.74, 6) is 2.12. The third kappa shape index (κ3) is 6.05. The normalized spacial score (nSPS) is 15.4. The van der Waals surface area contributed by atoms with Crippen molar-refractivity contribution in [3.8, 4) is 51.0 Å². The molecule has 5 heteroatoms. The first-order chi connectivity index (χ1) is 30.7. The fourth-order valence-corrected chi connectivity index (χ4v) is 9.56. The van der Waals surface area contributed by atoms with E-state index in [9.17, 15) is 0 Å². The van der Waals surface area contributed by atoms with E-state index in [4.69, 9.17) is 15.0 Å². The van der Waals surface area contributed by atoms with Gasteiger partial charge in [0.1, 0.15) is 0 Å². The number of hydrogen-bond donors (Lipinski definition) is 0. The van der Waals surface area contributed by atoms with Gasteiger partial charge in [0.2, 0.25) is 0 Å². The molecule has 0 bridgehead atoms. The number of anilines is 2. The quantitative estimate of drug-likeness (QED) is 0.161. The average molecular weight is 794 g/mol. The first-order valence-electron chi connectivity index (χ1n) is 21.2. The number of para-hydroxylation sites is 3. The van der Waals surface area contributed by atoms with Gasteiger partial charge in [0.05, 0.1) is 17.1 Å². The molecular weight excluding hydrogens is 755 g/mol. The van der Waals surface area contributed by atoms with Crippen LogP contribution in [-0.2, 0) is 0 Å². The second kappa shape index (κ2) is 14.8. The first kappa shape index (κ1) is 35.8. The Hall–Kier alpha value is -8.15. The zero-order valence-electron chi connectivity index (χ0n) is 33.8. The maximum Gasteiger partial charge on any atom is 0.164 e. The van der Waals surface area contributed by atoms with E-state index >= 15 is 0 Å². The van der Waals surface area contributed by atoms with Crippen molar-refractivity contribution in [1.29, 1.82) is 0 Å². The molecule has 292 valence electrons. The van der Waals surface area contributed by atoms with Crippen LogP contribution in [0.15, 0.2) is 224 Å². The van der Waals surface area contributed by atoms with Crippen LogP contribution in [0.4, 0.5) is 11.4 Å². The van der Waals surface area contributed by atoms with Crippen LogP contribution < -0.4 is 4.90 Å². The molecule has 0 spiro atoms. The molecule has 1 aliphatic carbocycles. The van der Waals surface area contributed by atoms with Crippen LogP contribution in [0, 0.1) is 0 Å². The Kier molecular flexibility index (Phi) is 8.56. The van der Waals surface area contributed by atoms with E-state index in [0.29, 0.717) is 17.5 Å². The van der Waals surface area contributed by atoms with E-state index < -0.39 is 0 Å². The second-order valence-electron chi connectivity index (χ2n) is 16.0. The lowest BCUT2D eigenvalue weighted by molar-refractivity contribution is 0.747. The summed E-state index contributed by atoms with van der Waals surface area (Å²) in [5, 5.41) is 2.51. The molecule has 5 nitrogen and oxygen atoms in total. The molecule has 0 saturated carbocycles. The Balaban J connectivity index is 0.914. The van der Waals surface area contributed by atoms with Crippen LogP contribution in [0.3, 0.4) is 0 Å². The van der Waals surface area contributed by atoms with Gasteiger partial charge < -0.3 is 9.47 Å². The molecule has 10 aromatic rings. The smallest absolute Gasteiger partial charge is 0.164 e. The molecule has 0 fully saturated rings. The highest BCUT2D eigenvalue weighted by molar-refractivity contribution is 6.16. The Morgan fingerprint density at radius 1 is 0.419 bits per heavy atom. The maximum atomic E-state index is 5.02. The second-order valence-corrected chi connectivity index (χ2v) is 16.0. The zero-order valence-corrected chi connectivity index (χ0v) is 33.8. The average Bonchev–Trinajstić information content (AvgIpc) is 3.87. The van der Waals surface area contributed by atoms with Crippen molar-refractivity contribution in [2.75, 3.05) is 4.90 Å². The summed E-state index contributed by atoms with van der Waals surface area (Å²) in [5.41, 5.74) is 14.9. The number of allylic oxidation sites excluding steroid dienone is 2. The van der Waals surface area contributed by atoms with Gasteiger partial charge in [-0.25, -0.2) is 15.0 Å². The molecule has 1 aliphatic heterocycles. The third-order valence-corrected chi connectivity index (χ3v) is 12.4. The summed E-state index contributed by atoms with van der Waals surface area (Å²) in [7, 11) is 0. The summed E-state index contributed by atoms with van der Waals surface area (Å²) >= 11 is 0. The van der Waals surface area contributed by atoms with Crippen LogP contribution in [0.25, 0.3) is 78.4 Å². The SMILES string of the molecule is C1=CC2C(C=C1c1cccc(-c3nc(-c4ccccc4)nc(-c4ccccc4)n3)c1)c1ccccc1N2c1cccc(-c2cccc3c2c2ccccc2n3-c2ccccc2)c1. The van der Waals surface area contributed by atoms with Gasteiger partial charge in [-0.2, -0.15) is 0 Å². The predicted octanol–water partition coefficient (Wildman–Crippen LogP) is 13.9. The van der Waals surface area contributed by atoms with Gasteiger partial charge in [0, 0.05) is 50.4 Å². The maximum absolute atomic E-state index is 5.02. The lowest BCUT2D eigenvalue weighted by atomic mass is 9.86. The molecule has 2 unspecified atom stereocenters. The molecule has 12 rings (SSSR count). The van der Waals surface area contributed by atoms with Crippen molar-refractivity contribution in [3.05, 3.63) is 236 Å². The number of nitrogens with zero attached hydrogens (tertiary/aromatic N) is 5. The van der Waals surface area contributed by atoms with Gasteiger partial charge in [0.25, 0.3) is 0 Å². The van der Waals surface area contributed by atoms with Gasteiger partial charge in [-0.15, -0.1) is 0 Å². The molecule has 3 heterocycles. The first-order valence-corrected chi connectivity index (χ1v) is 21.2. The highest BCUT2D eigenvalue weighted by Crippen LogP contribution is 2.50. The Morgan fingerprint density at radius 2 is 0.984 bits per heavy atom. The number of hydrogen-bond acceptors (Lipinski definition) is 4. The van der Waals surface area contributed by atoms with Gasteiger partial charge in [-0.05, 0) is 76.4 Å². The highest BCUT2D eigenvalue weighted by atomic mass is 15.2. The summed E-state index contributed by atoms with van der Waals surface area (Å²) in [6.45, 7) is 0. The van der Waals surface area contributed by atoms with Crippen molar-refractivity contribution in [1.82, 2.24) is 19.5 Å². The minimum Gasteiger partial charge on any atom is -0.333 e. The number of rotatable bonds is 7. The van der Waals surface area contributed by atoms with Crippen molar-refractivity contribution in [2.24, 2.45) is 0 Å². The van der Waals surface area contributed by atoms with Crippen molar-refractivity contribution < 1.29 is 0 Å². The zero-order chi connectivity index (χ0) is 41.0. The van der Waals surface area contributed by atoms with E-state index in [1.165, 1.54) is 55.4 Å². The Bertz CT molecular complexity index is 3310. The molecule has 8 aromatic carbocycles. The summed E-state index contributed by atoms with van der Waals surface area (Å²) in [6.07, 6.45) is 7.13. The summed E-state index contributed by atoms with van der Waals surface area (Å²) < 4.78 is 2.39. The van der Waals surface area contributed by atoms with Gasteiger partial charge in [0.15, 0.2) is 17.5 Å². The lowest BCUT2D eigenvalue weighted by Gasteiger charge is -2.30. The summed E-state index contributed by atoms with van der Waals surface area (Å²) in [6, 6.07) is 73.1. The van der Waals surface area contributed by atoms with Crippen molar-refractivity contribution >= 4 is 38.8 Å². The van der Waals surface area contributed by atoms with Crippen LogP contribution in [-0.4, -0.2) is 25.6 Å². The molecule has 2 aliphatic rings. The molecule has 0 amide bonds. The number of aromatic nitrogens is 4. The van der Waals surface area contributed by atoms with Crippen LogP contribution in [0.1, 0.15) is 17.0 Å². The molecule has 0 saturated heterocycles. The van der Waals surface area contributed by atoms with E-state index in [1.807, 2.05) is 60.7 Å². The molecule has 62 heavy (non-hydrogen) atoms. The monoisotopic (exact) mass is 793 g/mol. The minimum atomic E-state index is 0.121. The highest BCUT2D eigenvalue weighted by Gasteiger charge is 2.38. The molecule has 0 N–H and O–H groups in total. The number of fused-ring (bicyclic) bond motifs is 6. The van der Waals surface area contributed by atoms with E-state index in [-0.39, 0.29) is 12.0 Å². The molecule has 2 atom stereocenters. The largest absolute Gasteiger partial charge is 0.333 e. The standard InChI is InChI=1S/C57H39N5/c1-4-17-38(18-5-1)55-58-56(39-19-6-2-7-20-39)60-57(59-55)43-23-14-21-40(35-43)41-33-34-52-49(37-41)47-27-10-12-30-50(47)62(52)45-26-15-22-42(36-45)46-29-16-32-53-54(46)48-28-11-13-31-51(48)61(53)44-24-8-3-9-25-44/h1-37,49,52H. The van der Waals surface area contributed by atoms with E-state index in [1.54, 1.807) is 0 Å². The predicted molar refractivity (Wildman–Crippen MR) is 255 cm³/mol. The summed E-state index contributed by atoms with van der Waals surface area (Å²) in [4.78, 5) is 17.5. The van der Waals surface area contributed by atoms with Gasteiger partial charge in [-0.3, -0.25) is 0 Å². The molecular formula is C57H39N5. The fraction of sp³-hybridized carbons (Fsp3) is 0.0351. The van der Waals surface area contributed by atoms with Gasteiger partial charge in [-0.1, -0.05) is 176 Å². The topological polar surface area (TPSA) is 46.8 Å². The Labute approximate surface area is 360 Å². The van der Waals surface area contributed by atoms with Crippen molar-refractivity contribution in [3.63, 3.8) is 0 Å². The Morgan fingerprint density at radius 3 is 1.76 bits per heavy atom. The fourth-order valence-electron chi connectivity index (χ4n) is 9.56. The van der Waals surface area contributed by atoms with Crippen LogP contribution in [0.2, 0.25) is 0 Å².